The highest BCUT2D eigenvalue weighted by Gasteiger charge is 2.54. The molecule has 35 heavy (non-hydrogen) atoms. The number of amides is 2. The van der Waals surface area contributed by atoms with E-state index in [1.807, 2.05) is 0 Å². The maximum absolute atomic E-state index is 13.0. The van der Waals surface area contributed by atoms with Crippen LogP contribution in [0, 0.1) is 0 Å². The fourth-order valence-electron chi connectivity index (χ4n) is 3.30. The molecule has 2 aliphatic rings. The number of carbonyl (C=O) groups is 4. The van der Waals surface area contributed by atoms with E-state index in [0.29, 0.717) is 11.3 Å². The Morgan fingerprint density at radius 1 is 1.43 bits per heavy atom. The number of carbonyl (C=O) groups excluding carboxylic acids is 4. The zero-order valence-corrected chi connectivity index (χ0v) is 20.6. The van der Waals surface area contributed by atoms with Gasteiger partial charge in [0, 0.05) is 18.1 Å². The van der Waals surface area contributed by atoms with Gasteiger partial charge in [-0.1, -0.05) is 17.3 Å². The summed E-state index contributed by atoms with van der Waals surface area (Å²) in [7, 11) is 0. The predicted molar refractivity (Wildman–Crippen MR) is 125 cm³/mol. The largest absolute Gasteiger partial charge is 0.511 e. The molecule has 0 saturated carbocycles. The molecule has 1 aromatic heterocycles. The van der Waals surface area contributed by atoms with E-state index in [-0.39, 0.29) is 23.1 Å². The first-order chi connectivity index (χ1) is 16.7. The van der Waals surface area contributed by atoms with Crippen molar-refractivity contribution in [3.63, 3.8) is 0 Å². The number of nitrogen functional groups attached to an aromatic ring is 1. The maximum Gasteiger partial charge on any atom is 0.511 e. The lowest BCUT2D eigenvalue weighted by atomic mass is 10.0. The van der Waals surface area contributed by atoms with Gasteiger partial charge in [-0.3, -0.25) is 14.5 Å². The molecule has 15 heteroatoms. The Balaban J connectivity index is 1.75. The van der Waals surface area contributed by atoms with E-state index < -0.39 is 47.4 Å². The molecule has 3 rings (SSSR count). The van der Waals surface area contributed by atoms with Crippen LogP contribution >= 0.6 is 23.1 Å². The molecule has 3 heterocycles. The zero-order chi connectivity index (χ0) is 25.7. The number of hydrogen-bond donors (Lipinski definition) is 3. The van der Waals surface area contributed by atoms with Crippen LogP contribution in [0.1, 0.15) is 26.5 Å². The number of nitrogens with zero attached hydrogens (tertiary/aromatic N) is 3. The highest BCUT2D eigenvalue weighted by atomic mass is 32.2. The minimum Gasteiger partial charge on any atom is -0.435 e. The lowest BCUT2D eigenvalue weighted by Gasteiger charge is -2.49. The Bertz CT molecular complexity index is 1110. The molecule has 2 aliphatic heterocycles. The molecular weight excluding hydrogens is 502 g/mol. The van der Waals surface area contributed by atoms with Crippen LogP contribution in [-0.2, 0) is 28.6 Å². The predicted octanol–water partition coefficient (Wildman–Crippen LogP) is 1.20. The Kier molecular flexibility index (Phi) is 8.34. The van der Waals surface area contributed by atoms with E-state index in [1.165, 1.54) is 29.0 Å². The van der Waals surface area contributed by atoms with Crippen LogP contribution in [0.25, 0.3) is 0 Å². The van der Waals surface area contributed by atoms with Gasteiger partial charge < -0.3 is 30.5 Å². The van der Waals surface area contributed by atoms with Gasteiger partial charge in [0.2, 0.25) is 6.29 Å². The molecule has 1 aromatic rings. The minimum absolute atomic E-state index is 0.0232. The summed E-state index contributed by atoms with van der Waals surface area (Å²) < 4.78 is 14.7. The summed E-state index contributed by atoms with van der Waals surface area (Å²) in [5.74, 6) is -1.95. The number of thioether (sulfide) groups is 1. The summed E-state index contributed by atoms with van der Waals surface area (Å²) in [6.45, 7) is 4.77. The molecule has 0 aromatic carbocycles. The molecule has 1 unspecified atom stereocenters. The van der Waals surface area contributed by atoms with Crippen molar-refractivity contribution in [2.24, 2.45) is 5.16 Å². The Morgan fingerprint density at radius 2 is 2.17 bits per heavy atom. The smallest absolute Gasteiger partial charge is 0.435 e. The number of ether oxygens (including phenoxy) is 3. The summed E-state index contributed by atoms with van der Waals surface area (Å²) in [5, 5.41) is 15.8. The van der Waals surface area contributed by atoms with Crippen molar-refractivity contribution in [3.8, 4) is 0 Å². The Hall–Kier alpha value is -3.59. The van der Waals surface area contributed by atoms with Crippen molar-refractivity contribution in [3.05, 3.63) is 34.5 Å². The molecule has 2 amide bonds. The summed E-state index contributed by atoms with van der Waals surface area (Å²) >= 11 is 2.38. The van der Waals surface area contributed by atoms with Crippen molar-refractivity contribution in [1.82, 2.24) is 15.2 Å². The second kappa shape index (κ2) is 11.2. The summed E-state index contributed by atoms with van der Waals surface area (Å²) in [4.78, 5) is 55.2. The molecule has 0 bridgehead atoms. The topological polar surface area (TPSA) is 183 Å². The molecule has 3 atom stereocenters. The van der Waals surface area contributed by atoms with Gasteiger partial charge in [0.1, 0.15) is 22.8 Å². The number of allylic oxidation sites excluding steroid dienone is 2. The maximum atomic E-state index is 13.0. The van der Waals surface area contributed by atoms with Crippen molar-refractivity contribution < 1.29 is 38.6 Å². The first-order valence-corrected chi connectivity index (χ1v) is 12.2. The Morgan fingerprint density at radius 3 is 2.77 bits per heavy atom. The molecular formula is C20H23N5O8S2. The monoisotopic (exact) mass is 525 g/mol. The van der Waals surface area contributed by atoms with Crippen molar-refractivity contribution in [1.29, 1.82) is 0 Å². The number of rotatable bonds is 8. The lowest BCUT2D eigenvalue weighted by molar-refractivity contribution is -0.168. The fourth-order valence-corrected chi connectivity index (χ4v) is 5.16. The van der Waals surface area contributed by atoms with Crippen molar-refractivity contribution >= 4 is 57.9 Å². The van der Waals surface area contributed by atoms with E-state index in [4.69, 9.17) is 15.2 Å². The normalized spacial score (nSPS) is 20.7. The van der Waals surface area contributed by atoms with E-state index >= 15 is 0 Å². The van der Waals surface area contributed by atoms with E-state index in [2.05, 4.69) is 20.2 Å². The van der Waals surface area contributed by atoms with Gasteiger partial charge in [-0.05, 0) is 19.4 Å². The average Bonchev–Trinajstić information content (AvgIpc) is 3.23. The third kappa shape index (κ3) is 5.57. The van der Waals surface area contributed by atoms with E-state index in [9.17, 15) is 24.4 Å². The Labute approximate surface area is 208 Å². The van der Waals surface area contributed by atoms with Gasteiger partial charge in [0.05, 0.1) is 6.61 Å². The standard InChI is InChI=1S/C20H23N5O8S2/c1-4-6-10-7-34-17-13(23-15(26)12(24-30)11-8-35-19(21)22-11)16(27)25(17)14(10)18(28)32-9(3)33-20(29)31-5-2/h4,6,8-9,13,17,30H,5,7H2,1-3H3,(H2,21,22)(H,23,26)/b6-4-,24-12-/t9?,13-,17+/m1/s1. The van der Waals surface area contributed by atoms with Crippen LogP contribution in [-0.4, -0.2) is 74.8 Å². The summed E-state index contributed by atoms with van der Waals surface area (Å²) in [6, 6.07) is -0.997. The molecule has 0 radical (unpaired) electrons. The van der Waals surface area contributed by atoms with E-state index in [1.54, 1.807) is 26.0 Å². The molecule has 1 fully saturated rings. The SMILES string of the molecule is C/C=C\C1=C(C(=O)OC(C)OC(=O)OCC)N2C(=O)[C@@H](NC(=O)/C(=N\O)c3csc(N)n3)[C@@H]2SC1. The minimum atomic E-state index is -1.27. The molecule has 0 spiro atoms. The van der Waals surface area contributed by atoms with Crippen LogP contribution in [0.2, 0.25) is 0 Å². The number of oxime groups is 1. The number of nitrogens with one attached hydrogen (secondary N) is 1. The molecule has 188 valence electrons. The highest BCUT2D eigenvalue weighted by Crippen LogP contribution is 2.41. The average molecular weight is 526 g/mol. The number of aromatic nitrogens is 1. The third-order valence-corrected chi connectivity index (χ3v) is 6.70. The quantitative estimate of drug-likeness (QED) is 0.111. The molecule has 13 nitrogen and oxygen atoms in total. The number of nitrogens with two attached hydrogens (primary N) is 1. The lowest BCUT2D eigenvalue weighted by Crippen LogP contribution is -2.71. The zero-order valence-electron chi connectivity index (χ0n) is 18.9. The van der Waals surface area contributed by atoms with Gasteiger partial charge in [-0.2, -0.15) is 0 Å². The van der Waals surface area contributed by atoms with Crippen LogP contribution in [0.4, 0.5) is 9.93 Å². The van der Waals surface area contributed by atoms with Gasteiger partial charge in [-0.25, -0.2) is 14.6 Å². The molecule has 4 N–H and O–H groups in total. The van der Waals surface area contributed by atoms with Crippen LogP contribution in [0.5, 0.6) is 0 Å². The number of hydrogen-bond acceptors (Lipinski definition) is 13. The first kappa shape index (κ1) is 26.0. The third-order valence-electron chi connectivity index (χ3n) is 4.72. The number of fused-ring (bicyclic) bond motifs is 1. The van der Waals surface area contributed by atoms with Gasteiger partial charge in [0.15, 0.2) is 10.8 Å². The van der Waals surface area contributed by atoms with E-state index in [0.717, 1.165) is 11.3 Å². The van der Waals surface area contributed by atoms with Crippen LogP contribution in [0.15, 0.2) is 34.0 Å². The van der Waals surface area contributed by atoms with Crippen LogP contribution < -0.4 is 11.1 Å². The van der Waals surface area contributed by atoms with Crippen molar-refractivity contribution in [2.75, 3.05) is 18.1 Å². The number of β-lactam (4-membered cyclic amide) rings is 1. The first-order valence-electron chi connectivity index (χ1n) is 10.3. The summed E-state index contributed by atoms with van der Waals surface area (Å²) in [6.07, 6.45) is 1.10. The highest BCUT2D eigenvalue weighted by molar-refractivity contribution is 8.00. The number of esters is 1. The fraction of sp³-hybridized carbons (Fsp3) is 0.400. The number of thiazole rings is 1. The number of anilines is 1. The van der Waals surface area contributed by atoms with Gasteiger partial charge in [-0.15, -0.1) is 23.1 Å². The molecule has 1 saturated heterocycles. The second-order valence-corrected chi connectivity index (χ2v) is 9.02. The molecule has 0 aliphatic carbocycles. The second-order valence-electron chi connectivity index (χ2n) is 7.03. The summed E-state index contributed by atoms with van der Waals surface area (Å²) in [5.41, 5.74) is 5.72. The van der Waals surface area contributed by atoms with Crippen molar-refractivity contribution in [2.45, 2.75) is 38.5 Å². The van der Waals surface area contributed by atoms with Crippen LogP contribution in [0.3, 0.4) is 0 Å². The van der Waals surface area contributed by atoms with Gasteiger partial charge in [0.25, 0.3) is 11.8 Å². The van der Waals surface area contributed by atoms with Gasteiger partial charge >= 0.3 is 12.1 Å².